The largest absolute Gasteiger partial charge is 0.504 e. The van der Waals surface area contributed by atoms with E-state index >= 15 is 0 Å². The van der Waals surface area contributed by atoms with Crippen molar-refractivity contribution in [3.63, 3.8) is 0 Å². The number of allylic oxidation sites excluding steroid dienone is 2. The normalized spacial score (nSPS) is 11.0. The Bertz CT molecular complexity index is 485. The number of aromatic hydroxyl groups is 3. The van der Waals surface area contributed by atoms with E-state index in [1.807, 2.05) is 0 Å². The molecule has 0 unspecified atom stereocenters. The number of phenolic OH excluding ortho intramolecular Hbond substituents is 3. The third-order valence-electron chi connectivity index (χ3n) is 3.19. The van der Waals surface area contributed by atoms with Crippen molar-refractivity contribution < 1.29 is 24.9 Å². The molecule has 1 aromatic rings. The average molecular weight is 308 g/mol. The maximum atomic E-state index is 11.7. The zero-order valence-corrected chi connectivity index (χ0v) is 12.9. The standard InChI is InChI=1S/C17H24O5/c1-2-3-4-5-6-7-8-9-10-22-17(21)13-11-14(18)16(20)15(19)12-13/h6-7,11-12,18-20H,2-5,8-10H2,1H3/b7-6-. The quantitative estimate of drug-likeness (QED) is 0.279. The lowest BCUT2D eigenvalue weighted by Gasteiger charge is -2.06. The highest BCUT2D eigenvalue weighted by Crippen LogP contribution is 2.35. The summed E-state index contributed by atoms with van der Waals surface area (Å²) in [4.78, 5) is 11.7. The van der Waals surface area contributed by atoms with Gasteiger partial charge < -0.3 is 20.1 Å². The van der Waals surface area contributed by atoms with Crippen molar-refractivity contribution in [3.8, 4) is 17.2 Å². The first-order chi connectivity index (χ1) is 10.6. The van der Waals surface area contributed by atoms with Gasteiger partial charge in [-0.15, -0.1) is 0 Å². The summed E-state index contributed by atoms with van der Waals surface area (Å²) in [7, 11) is 0. The summed E-state index contributed by atoms with van der Waals surface area (Å²) >= 11 is 0. The molecule has 0 aliphatic carbocycles. The van der Waals surface area contributed by atoms with Crippen LogP contribution < -0.4 is 0 Å². The molecule has 5 nitrogen and oxygen atoms in total. The third-order valence-corrected chi connectivity index (χ3v) is 3.19. The van der Waals surface area contributed by atoms with Crippen LogP contribution in [-0.2, 0) is 4.74 Å². The fourth-order valence-electron chi connectivity index (χ4n) is 1.92. The number of hydrogen-bond acceptors (Lipinski definition) is 5. The van der Waals surface area contributed by atoms with E-state index in [2.05, 4.69) is 19.1 Å². The number of rotatable bonds is 9. The lowest BCUT2D eigenvalue weighted by Crippen LogP contribution is -2.06. The Morgan fingerprint density at radius 1 is 1.05 bits per heavy atom. The Morgan fingerprint density at radius 3 is 2.23 bits per heavy atom. The van der Waals surface area contributed by atoms with E-state index in [4.69, 9.17) is 4.74 Å². The number of carbonyl (C=O) groups excluding carboxylic acids is 1. The number of esters is 1. The lowest BCUT2D eigenvalue weighted by atomic mass is 10.2. The van der Waals surface area contributed by atoms with Gasteiger partial charge in [0, 0.05) is 0 Å². The molecule has 0 fully saturated rings. The van der Waals surface area contributed by atoms with Crippen molar-refractivity contribution in [2.24, 2.45) is 0 Å². The molecule has 1 rings (SSSR count). The second-order valence-electron chi connectivity index (χ2n) is 5.11. The number of benzene rings is 1. The van der Waals surface area contributed by atoms with Crippen molar-refractivity contribution >= 4 is 5.97 Å². The molecule has 0 aliphatic heterocycles. The van der Waals surface area contributed by atoms with Crippen molar-refractivity contribution in [1.82, 2.24) is 0 Å². The predicted molar refractivity (Wildman–Crippen MR) is 84.2 cm³/mol. The first-order valence-corrected chi connectivity index (χ1v) is 7.63. The molecular formula is C17H24O5. The Morgan fingerprint density at radius 2 is 1.64 bits per heavy atom. The van der Waals surface area contributed by atoms with Gasteiger partial charge in [-0.25, -0.2) is 4.79 Å². The molecule has 0 heterocycles. The Balaban J connectivity index is 2.26. The Kier molecular flexibility index (Phi) is 7.89. The van der Waals surface area contributed by atoms with Crippen molar-refractivity contribution in [1.29, 1.82) is 0 Å². The van der Waals surface area contributed by atoms with Gasteiger partial charge in [0.15, 0.2) is 17.2 Å². The van der Waals surface area contributed by atoms with E-state index < -0.39 is 23.2 Å². The lowest BCUT2D eigenvalue weighted by molar-refractivity contribution is 0.0500. The van der Waals surface area contributed by atoms with Gasteiger partial charge in [-0.2, -0.15) is 0 Å². The van der Waals surface area contributed by atoms with E-state index in [-0.39, 0.29) is 12.2 Å². The van der Waals surface area contributed by atoms with Gasteiger partial charge in [0.25, 0.3) is 0 Å². The number of hydrogen-bond donors (Lipinski definition) is 3. The number of ether oxygens (including phenoxy) is 1. The number of unbranched alkanes of at least 4 members (excludes halogenated alkanes) is 4. The first-order valence-electron chi connectivity index (χ1n) is 7.63. The van der Waals surface area contributed by atoms with Crippen LogP contribution in [0.4, 0.5) is 0 Å². The zero-order valence-electron chi connectivity index (χ0n) is 12.9. The number of phenols is 3. The van der Waals surface area contributed by atoms with Gasteiger partial charge in [0.2, 0.25) is 0 Å². The summed E-state index contributed by atoms with van der Waals surface area (Å²) in [5.41, 5.74) is 0.00269. The minimum atomic E-state index is -0.648. The van der Waals surface area contributed by atoms with Crippen LogP contribution in [0.3, 0.4) is 0 Å². The molecule has 1 aromatic carbocycles. The van der Waals surface area contributed by atoms with Crippen molar-refractivity contribution in [2.75, 3.05) is 6.61 Å². The molecule has 0 bridgehead atoms. The molecule has 0 aliphatic rings. The highest BCUT2D eigenvalue weighted by atomic mass is 16.5. The molecule has 0 atom stereocenters. The molecule has 122 valence electrons. The van der Waals surface area contributed by atoms with E-state index in [1.165, 1.54) is 19.3 Å². The molecule has 0 aromatic heterocycles. The topological polar surface area (TPSA) is 87.0 Å². The molecular weight excluding hydrogens is 284 g/mol. The summed E-state index contributed by atoms with van der Waals surface area (Å²) in [5, 5.41) is 27.9. The van der Waals surface area contributed by atoms with E-state index in [9.17, 15) is 20.1 Å². The smallest absolute Gasteiger partial charge is 0.338 e. The van der Waals surface area contributed by atoms with Crippen molar-refractivity contribution in [3.05, 3.63) is 29.8 Å². The summed E-state index contributed by atoms with van der Waals surface area (Å²) < 4.78 is 5.05. The monoisotopic (exact) mass is 308 g/mol. The summed E-state index contributed by atoms with van der Waals surface area (Å²) in [6.45, 7) is 2.44. The van der Waals surface area contributed by atoms with Gasteiger partial charge in [0.05, 0.1) is 12.2 Å². The predicted octanol–water partition coefficient (Wildman–Crippen LogP) is 3.88. The van der Waals surface area contributed by atoms with Crippen LogP contribution in [0.5, 0.6) is 17.2 Å². The average Bonchev–Trinajstić information content (AvgIpc) is 2.50. The SMILES string of the molecule is CCCCC/C=C\CCCOC(=O)c1cc(O)c(O)c(O)c1. The Hall–Kier alpha value is -2.17. The molecule has 0 spiro atoms. The first kappa shape index (κ1) is 17.9. The maximum Gasteiger partial charge on any atom is 0.338 e. The van der Waals surface area contributed by atoms with E-state index in [0.29, 0.717) is 6.42 Å². The van der Waals surface area contributed by atoms with Crippen LogP contribution in [0.1, 0.15) is 55.8 Å². The molecule has 0 radical (unpaired) electrons. The van der Waals surface area contributed by atoms with E-state index in [0.717, 1.165) is 25.0 Å². The Labute approximate surface area is 130 Å². The molecule has 22 heavy (non-hydrogen) atoms. The molecule has 5 heteroatoms. The highest BCUT2D eigenvalue weighted by molar-refractivity contribution is 5.91. The maximum absolute atomic E-state index is 11.7. The third kappa shape index (κ3) is 6.08. The van der Waals surface area contributed by atoms with Gasteiger partial charge in [-0.3, -0.25) is 0 Å². The second kappa shape index (κ2) is 9.71. The van der Waals surface area contributed by atoms with Gasteiger partial charge in [0.1, 0.15) is 0 Å². The molecule has 3 N–H and O–H groups in total. The summed E-state index contributed by atoms with van der Waals surface area (Å²) in [6.07, 6.45) is 10.5. The van der Waals surface area contributed by atoms with Crippen molar-refractivity contribution in [2.45, 2.75) is 45.4 Å². The zero-order chi connectivity index (χ0) is 16.4. The van der Waals surface area contributed by atoms with Crippen LogP contribution in [0.15, 0.2) is 24.3 Å². The van der Waals surface area contributed by atoms with E-state index in [1.54, 1.807) is 0 Å². The van der Waals surface area contributed by atoms with Gasteiger partial charge >= 0.3 is 5.97 Å². The minimum Gasteiger partial charge on any atom is -0.504 e. The minimum absolute atomic E-state index is 0.00269. The number of carbonyl (C=O) groups is 1. The highest BCUT2D eigenvalue weighted by Gasteiger charge is 2.14. The summed E-state index contributed by atoms with van der Waals surface area (Å²) in [5.74, 6) is -2.40. The van der Waals surface area contributed by atoms with Gasteiger partial charge in [-0.05, 0) is 37.8 Å². The second-order valence-corrected chi connectivity index (χ2v) is 5.11. The fourth-order valence-corrected chi connectivity index (χ4v) is 1.92. The van der Waals surface area contributed by atoms with Crippen LogP contribution >= 0.6 is 0 Å². The van der Waals surface area contributed by atoms with Gasteiger partial charge in [-0.1, -0.05) is 31.9 Å². The molecule has 0 amide bonds. The summed E-state index contributed by atoms with van der Waals surface area (Å²) in [6, 6.07) is 2.12. The van der Waals surface area contributed by atoms with Crippen LogP contribution in [-0.4, -0.2) is 27.9 Å². The van der Waals surface area contributed by atoms with Crippen LogP contribution in [0.25, 0.3) is 0 Å². The molecule has 0 saturated carbocycles. The fraction of sp³-hybridized carbons (Fsp3) is 0.471. The van der Waals surface area contributed by atoms with Crippen LogP contribution in [0.2, 0.25) is 0 Å². The van der Waals surface area contributed by atoms with Crippen LogP contribution in [0, 0.1) is 0 Å². The molecule has 0 saturated heterocycles.